The molecule has 0 aliphatic carbocycles. The third-order valence-electron chi connectivity index (χ3n) is 4.56. The van der Waals surface area contributed by atoms with Gasteiger partial charge in [-0.25, -0.2) is 4.98 Å². The van der Waals surface area contributed by atoms with Crippen molar-refractivity contribution in [2.45, 2.75) is 19.8 Å². The molecule has 1 fully saturated rings. The third-order valence-corrected chi connectivity index (χ3v) is 4.56. The van der Waals surface area contributed by atoms with E-state index >= 15 is 0 Å². The van der Waals surface area contributed by atoms with E-state index < -0.39 is 4.92 Å². The zero-order valence-corrected chi connectivity index (χ0v) is 16.1. The molecule has 0 saturated carbocycles. The standard InChI is InChI=1S/C19H25N5O4/c1-14(2)15-3-5-16(6-4-15)28-19-17(24(25)26)18(21-13-22-19)20-7-8-23-9-11-27-12-10-23/h3-6,13-14H,7-12H2,1-2H3,(H,20,21,22). The van der Waals surface area contributed by atoms with E-state index in [2.05, 4.69) is 34.0 Å². The number of rotatable bonds is 8. The topological polar surface area (TPSA) is 103 Å². The van der Waals surface area contributed by atoms with Crippen molar-refractivity contribution in [1.82, 2.24) is 14.9 Å². The first-order chi connectivity index (χ1) is 13.5. The molecule has 1 aromatic heterocycles. The predicted molar refractivity (Wildman–Crippen MR) is 105 cm³/mol. The van der Waals surface area contributed by atoms with Gasteiger partial charge in [0.2, 0.25) is 5.82 Å². The van der Waals surface area contributed by atoms with E-state index in [9.17, 15) is 10.1 Å². The highest BCUT2D eigenvalue weighted by Gasteiger charge is 2.25. The van der Waals surface area contributed by atoms with Crippen molar-refractivity contribution in [3.63, 3.8) is 0 Å². The summed E-state index contributed by atoms with van der Waals surface area (Å²) in [5.41, 5.74) is 0.896. The molecule has 2 heterocycles. The number of hydrogen-bond donors (Lipinski definition) is 1. The average molecular weight is 387 g/mol. The van der Waals surface area contributed by atoms with E-state index in [4.69, 9.17) is 9.47 Å². The van der Waals surface area contributed by atoms with Crippen LogP contribution in [-0.4, -0.2) is 59.2 Å². The van der Waals surface area contributed by atoms with Crippen molar-refractivity contribution in [2.75, 3.05) is 44.7 Å². The Kier molecular flexibility index (Phi) is 6.72. The Labute approximate surface area is 163 Å². The van der Waals surface area contributed by atoms with E-state index in [0.29, 0.717) is 31.4 Å². The lowest BCUT2D eigenvalue weighted by Crippen LogP contribution is -2.39. The van der Waals surface area contributed by atoms with Crippen molar-refractivity contribution in [3.05, 3.63) is 46.3 Å². The Morgan fingerprint density at radius 2 is 1.96 bits per heavy atom. The van der Waals surface area contributed by atoms with E-state index in [1.807, 2.05) is 12.1 Å². The van der Waals surface area contributed by atoms with Gasteiger partial charge in [0.05, 0.1) is 18.1 Å². The molecule has 1 aliphatic rings. The minimum Gasteiger partial charge on any atom is -0.434 e. The second kappa shape index (κ2) is 9.43. The minimum atomic E-state index is -0.519. The highest BCUT2D eigenvalue weighted by Crippen LogP contribution is 2.34. The molecule has 1 N–H and O–H groups in total. The fraction of sp³-hybridized carbons (Fsp3) is 0.474. The summed E-state index contributed by atoms with van der Waals surface area (Å²) in [6.45, 7) is 8.60. The number of benzene rings is 1. The van der Waals surface area contributed by atoms with E-state index in [1.54, 1.807) is 12.1 Å². The van der Waals surface area contributed by atoms with Crippen LogP contribution in [0.5, 0.6) is 11.6 Å². The van der Waals surface area contributed by atoms with Crippen LogP contribution in [0, 0.1) is 10.1 Å². The predicted octanol–water partition coefficient (Wildman–Crippen LogP) is 3.04. The molecule has 28 heavy (non-hydrogen) atoms. The van der Waals surface area contributed by atoms with Crippen molar-refractivity contribution in [1.29, 1.82) is 0 Å². The number of anilines is 1. The van der Waals surface area contributed by atoms with Gasteiger partial charge in [0.15, 0.2) is 0 Å². The van der Waals surface area contributed by atoms with Gasteiger partial charge in [-0.05, 0) is 23.6 Å². The van der Waals surface area contributed by atoms with Crippen LogP contribution >= 0.6 is 0 Å². The first-order valence-electron chi connectivity index (χ1n) is 9.35. The van der Waals surface area contributed by atoms with Gasteiger partial charge in [-0.3, -0.25) is 15.0 Å². The molecule has 9 nitrogen and oxygen atoms in total. The maximum Gasteiger partial charge on any atom is 0.373 e. The summed E-state index contributed by atoms with van der Waals surface area (Å²) >= 11 is 0. The van der Waals surface area contributed by atoms with Crippen LogP contribution in [0.2, 0.25) is 0 Å². The smallest absolute Gasteiger partial charge is 0.373 e. The zero-order chi connectivity index (χ0) is 19.9. The molecule has 1 aromatic carbocycles. The molecule has 0 unspecified atom stereocenters. The summed E-state index contributed by atoms with van der Waals surface area (Å²) in [5, 5.41) is 14.7. The Bertz CT molecular complexity index is 791. The quantitative estimate of drug-likeness (QED) is 0.545. The highest BCUT2D eigenvalue weighted by atomic mass is 16.6. The fourth-order valence-electron chi connectivity index (χ4n) is 2.92. The molecule has 1 saturated heterocycles. The van der Waals surface area contributed by atoms with Crippen LogP contribution in [0.4, 0.5) is 11.5 Å². The lowest BCUT2D eigenvalue weighted by molar-refractivity contribution is -0.385. The summed E-state index contributed by atoms with van der Waals surface area (Å²) in [4.78, 5) is 21.3. The largest absolute Gasteiger partial charge is 0.434 e. The van der Waals surface area contributed by atoms with Crippen LogP contribution in [0.25, 0.3) is 0 Å². The molecular formula is C19H25N5O4. The Balaban J connectivity index is 1.70. The lowest BCUT2D eigenvalue weighted by atomic mass is 10.0. The van der Waals surface area contributed by atoms with Gasteiger partial charge >= 0.3 is 11.6 Å². The van der Waals surface area contributed by atoms with Gasteiger partial charge in [-0.15, -0.1) is 0 Å². The number of nitrogens with one attached hydrogen (secondary N) is 1. The van der Waals surface area contributed by atoms with Crippen LogP contribution < -0.4 is 10.1 Å². The van der Waals surface area contributed by atoms with Crippen LogP contribution in [0.15, 0.2) is 30.6 Å². The molecular weight excluding hydrogens is 362 g/mol. The molecule has 0 radical (unpaired) electrons. The number of hydrogen-bond acceptors (Lipinski definition) is 8. The molecule has 1 aliphatic heterocycles. The molecule has 9 heteroatoms. The number of morpholine rings is 1. The van der Waals surface area contributed by atoms with Crippen LogP contribution in [0.1, 0.15) is 25.3 Å². The number of aromatic nitrogens is 2. The lowest BCUT2D eigenvalue weighted by Gasteiger charge is -2.26. The SMILES string of the molecule is CC(C)c1ccc(Oc2ncnc(NCCN3CCOCC3)c2[N+](=O)[O-])cc1. The first kappa shape index (κ1) is 20.0. The average Bonchev–Trinajstić information content (AvgIpc) is 2.69. The maximum absolute atomic E-state index is 11.6. The Morgan fingerprint density at radius 3 is 2.61 bits per heavy atom. The van der Waals surface area contributed by atoms with Crippen LogP contribution in [0.3, 0.4) is 0 Å². The molecule has 2 aromatic rings. The Hall–Kier alpha value is -2.78. The first-order valence-corrected chi connectivity index (χ1v) is 9.35. The molecule has 0 bridgehead atoms. The summed E-state index contributed by atoms with van der Waals surface area (Å²) in [5.74, 6) is 0.961. The fourth-order valence-corrected chi connectivity index (χ4v) is 2.92. The zero-order valence-electron chi connectivity index (χ0n) is 16.1. The Morgan fingerprint density at radius 1 is 1.25 bits per heavy atom. The molecule has 0 spiro atoms. The monoisotopic (exact) mass is 387 g/mol. The van der Waals surface area contributed by atoms with Gasteiger partial charge < -0.3 is 14.8 Å². The van der Waals surface area contributed by atoms with Crippen molar-refractivity contribution in [3.8, 4) is 11.6 Å². The summed E-state index contributed by atoms with van der Waals surface area (Å²) < 4.78 is 11.0. The van der Waals surface area contributed by atoms with Gasteiger partial charge in [-0.2, -0.15) is 4.98 Å². The summed E-state index contributed by atoms with van der Waals surface area (Å²) in [6, 6.07) is 7.45. The van der Waals surface area contributed by atoms with Crippen LogP contribution in [-0.2, 0) is 4.74 Å². The molecule has 150 valence electrons. The van der Waals surface area contributed by atoms with E-state index in [0.717, 1.165) is 25.2 Å². The number of nitro groups is 1. The second-order valence-corrected chi connectivity index (χ2v) is 6.84. The highest BCUT2D eigenvalue weighted by molar-refractivity contribution is 5.61. The summed E-state index contributed by atoms with van der Waals surface area (Å²) in [6.07, 6.45) is 1.27. The van der Waals surface area contributed by atoms with Crippen molar-refractivity contribution < 1.29 is 14.4 Å². The maximum atomic E-state index is 11.6. The molecule has 0 atom stereocenters. The van der Waals surface area contributed by atoms with Gasteiger partial charge in [-0.1, -0.05) is 26.0 Å². The normalized spacial score (nSPS) is 14.8. The third kappa shape index (κ3) is 5.14. The van der Waals surface area contributed by atoms with Crippen molar-refractivity contribution >= 4 is 11.5 Å². The number of nitrogens with zero attached hydrogens (tertiary/aromatic N) is 4. The second-order valence-electron chi connectivity index (χ2n) is 6.84. The molecule has 0 amide bonds. The number of ether oxygens (including phenoxy) is 2. The minimum absolute atomic E-state index is 0.0776. The molecule has 3 rings (SSSR count). The van der Waals surface area contributed by atoms with Gasteiger partial charge in [0, 0.05) is 26.2 Å². The van der Waals surface area contributed by atoms with Gasteiger partial charge in [0.25, 0.3) is 0 Å². The van der Waals surface area contributed by atoms with Crippen molar-refractivity contribution in [2.24, 2.45) is 0 Å². The van der Waals surface area contributed by atoms with E-state index in [1.165, 1.54) is 6.33 Å². The summed E-state index contributed by atoms with van der Waals surface area (Å²) in [7, 11) is 0. The van der Waals surface area contributed by atoms with E-state index in [-0.39, 0.29) is 17.4 Å². The van der Waals surface area contributed by atoms with Gasteiger partial charge in [0.1, 0.15) is 12.1 Å².